The molecule has 0 rings (SSSR count). The van der Waals surface area contributed by atoms with E-state index in [0.29, 0.717) is 18.9 Å². The van der Waals surface area contributed by atoms with E-state index in [1.54, 1.807) is 0 Å². The van der Waals surface area contributed by atoms with Crippen molar-refractivity contribution >= 4 is 16.1 Å². The first-order valence-electron chi connectivity index (χ1n) is 6.36. The van der Waals surface area contributed by atoms with Gasteiger partial charge in [0.15, 0.2) is 8.46 Å². The molecule has 5 nitrogen and oxygen atoms in total. The summed E-state index contributed by atoms with van der Waals surface area (Å²) >= 11 is 0. The lowest BCUT2D eigenvalue weighted by Crippen LogP contribution is -2.23. The second-order valence-electron chi connectivity index (χ2n) is 5.13. The van der Waals surface area contributed by atoms with Gasteiger partial charge >= 0.3 is 7.60 Å². The molecule has 0 aliphatic rings. The average molecular weight is 297 g/mol. The van der Waals surface area contributed by atoms with Gasteiger partial charge in [-0.3, -0.25) is 9.13 Å². The van der Waals surface area contributed by atoms with Gasteiger partial charge in [0.05, 0.1) is 0 Å². The highest BCUT2D eigenvalue weighted by Gasteiger charge is 2.42. The highest BCUT2D eigenvalue weighted by atomic mass is 31.2. The Labute approximate surface area is 111 Å². The van der Waals surface area contributed by atoms with Crippen LogP contribution in [0.1, 0.15) is 52.9 Å². The number of nitrogens with one attached hydrogen (secondary N) is 1. The summed E-state index contributed by atoms with van der Waals surface area (Å²) in [5.41, 5.74) is 0. The SMILES string of the molecule is CC(C)NCCCCCCC(C)(P=O)P(=O)(O)O. The Morgan fingerprint density at radius 3 is 2.22 bits per heavy atom. The quantitative estimate of drug-likeness (QED) is 0.426. The molecule has 0 fully saturated rings. The highest BCUT2D eigenvalue weighted by molar-refractivity contribution is 7.63. The Morgan fingerprint density at radius 1 is 1.22 bits per heavy atom. The van der Waals surface area contributed by atoms with E-state index >= 15 is 0 Å². The summed E-state index contributed by atoms with van der Waals surface area (Å²) < 4.78 is 22.1. The van der Waals surface area contributed by atoms with Crippen molar-refractivity contribution in [2.24, 2.45) is 0 Å². The van der Waals surface area contributed by atoms with E-state index in [0.717, 1.165) is 25.8 Å². The van der Waals surface area contributed by atoms with Gasteiger partial charge in [-0.25, -0.2) is 0 Å². The molecule has 0 aromatic carbocycles. The van der Waals surface area contributed by atoms with Crippen LogP contribution in [0.15, 0.2) is 0 Å². The first kappa shape index (κ1) is 18.2. The Hall–Kier alpha value is 0.210. The monoisotopic (exact) mass is 297 g/mol. The van der Waals surface area contributed by atoms with E-state index in [4.69, 9.17) is 9.79 Å². The second kappa shape index (κ2) is 8.39. The number of hydrogen-bond donors (Lipinski definition) is 3. The van der Waals surface area contributed by atoms with Crippen molar-refractivity contribution in [1.29, 1.82) is 0 Å². The van der Waals surface area contributed by atoms with Gasteiger partial charge < -0.3 is 15.1 Å². The van der Waals surface area contributed by atoms with Gasteiger partial charge in [-0.2, -0.15) is 0 Å². The first-order valence-corrected chi connectivity index (χ1v) is 8.79. The van der Waals surface area contributed by atoms with Crippen molar-refractivity contribution in [3.63, 3.8) is 0 Å². The van der Waals surface area contributed by atoms with Gasteiger partial charge in [-0.1, -0.05) is 33.1 Å². The van der Waals surface area contributed by atoms with Gasteiger partial charge in [0.2, 0.25) is 0 Å². The van der Waals surface area contributed by atoms with Crippen molar-refractivity contribution in [2.45, 2.75) is 63.8 Å². The third kappa shape index (κ3) is 6.96. The van der Waals surface area contributed by atoms with E-state index in [1.807, 2.05) is 0 Å². The molecule has 18 heavy (non-hydrogen) atoms. The average Bonchev–Trinajstić information content (AvgIpc) is 2.25. The van der Waals surface area contributed by atoms with Crippen LogP contribution in [-0.2, 0) is 9.13 Å². The summed E-state index contributed by atoms with van der Waals surface area (Å²) in [6.45, 7) is 6.54. The van der Waals surface area contributed by atoms with Crippen molar-refractivity contribution in [3.8, 4) is 0 Å². The fraction of sp³-hybridized carbons (Fsp3) is 1.00. The number of hydrogen-bond acceptors (Lipinski definition) is 3. The maximum Gasteiger partial charge on any atom is 0.342 e. The molecule has 0 bridgehead atoms. The normalized spacial score (nSPS) is 16.1. The second-order valence-corrected chi connectivity index (χ2v) is 8.72. The molecule has 0 amide bonds. The lowest BCUT2D eigenvalue weighted by atomic mass is 10.1. The van der Waals surface area contributed by atoms with E-state index in [2.05, 4.69) is 19.2 Å². The standard InChI is InChI=1S/C11H25NO4P2/c1-10(2)12-9-7-5-4-6-8-11(3,17-13)18(14,15)16/h10,12H,4-9H2,1-3H3,(H2,14,15,16). The fourth-order valence-electron chi connectivity index (χ4n) is 1.57. The van der Waals surface area contributed by atoms with Crippen LogP contribution in [0.2, 0.25) is 0 Å². The van der Waals surface area contributed by atoms with Crippen LogP contribution < -0.4 is 5.32 Å². The van der Waals surface area contributed by atoms with Gasteiger partial charge in [-0.15, -0.1) is 0 Å². The molecule has 0 spiro atoms. The third-order valence-electron chi connectivity index (χ3n) is 2.95. The van der Waals surface area contributed by atoms with E-state index in [1.165, 1.54) is 6.92 Å². The van der Waals surface area contributed by atoms with E-state index in [9.17, 15) is 9.13 Å². The van der Waals surface area contributed by atoms with Gasteiger partial charge in [0, 0.05) is 6.04 Å². The molecule has 1 atom stereocenters. The lowest BCUT2D eigenvalue weighted by Gasteiger charge is -2.22. The van der Waals surface area contributed by atoms with Crippen LogP contribution in [0.5, 0.6) is 0 Å². The molecule has 0 aromatic rings. The summed E-state index contributed by atoms with van der Waals surface area (Å²) in [6.07, 6.45) is 3.97. The number of rotatable bonds is 10. The Kier molecular flexibility index (Phi) is 8.49. The van der Waals surface area contributed by atoms with Gasteiger partial charge in [0.25, 0.3) is 0 Å². The molecular weight excluding hydrogens is 272 g/mol. The highest BCUT2D eigenvalue weighted by Crippen LogP contribution is 2.58. The van der Waals surface area contributed by atoms with Crippen LogP contribution in [0.25, 0.3) is 0 Å². The molecule has 0 saturated heterocycles. The van der Waals surface area contributed by atoms with E-state index < -0.39 is 21.0 Å². The van der Waals surface area contributed by atoms with Gasteiger partial charge in [-0.05, 0) is 26.3 Å². The summed E-state index contributed by atoms with van der Waals surface area (Å²) in [6, 6.07) is 0.488. The number of unbranched alkanes of at least 4 members (excludes halogenated alkanes) is 3. The molecule has 7 heteroatoms. The zero-order valence-electron chi connectivity index (χ0n) is 11.4. The molecule has 0 radical (unpaired) electrons. The fourth-order valence-corrected chi connectivity index (χ4v) is 2.70. The maximum atomic E-state index is 11.2. The zero-order chi connectivity index (χ0) is 14.2. The Balaban J connectivity index is 3.77. The molecule has 0 aliphatic carbocycles. The maximum absolute atomic E-state index is 11.2. The smallest absolute Gasteiger partial charge is 0.323 e. The topological polar surface area (TPSA) is 86.6 Å². The molecule has 1 unspecified atom stereocenters. The third-order valence-corrected chi connectivity index (χ3v) is 6.08. The van der Waals surface area contributed by atoms with Crippen LogP contribution in [0.3, 0.4) is 0 Å². The summed E-state index contributed by atoms with van der Waals surface area (Å²) in [5.74, 6) is 0. The molecule has 0 aliphatic heterocycles. The van der Waals surface area contributed by atoms with Crippen molar-refractivity contribution in [1.82, 2.24) is 5.32 Å². The minimum Gasteiger partial charge on any atom is -0.323 e. The molecular formula is C11H25NO4P2. The predicted octanol–water partition coefficient (Wildman–Crippen LogP) is 3.12. The van der Waals surface area contributed by atoms with Crippen LogP contribution >= 0.6 is 16.1 Å². The van der Waals surface area contributed by atoms with Gasteiger partial charge in [0.1, 0.15) is 4.90 Å². The Morgan fingerprint density at radius 2 is 1.78 bits per heavy atom. The largest absolute Gasteiger partial charge is 0.342 e. The summed E-state index contributed by atoms with van der Waals surface area (Å²) in [7, 11) is -4.77. The van der Waals surface area contributed by atoms with E-state index in [-0.39, 0.29) is 0 Å². The predicted molar refractivity (Wildman–Crippen MR) is 74.3 cm³/mol. The molecule has 0 aromatic heterocycles. The van der Waals surface area contributed by atoms with Crippen LogP contribution in [-0.4, -0.2) is 27.3 Å². The molecule has 0 heterocycles. The van der Waals surface area contributed by atoms with Crippen LogP contribution in [0, 0.1) is 0 Å². The van der Waals surface area contributed by atoms with Crippen LogP contribution in [0.4, 0.5) is 0 Å². The lowest BCUT2D eigenvalue weighted by molar-refractivity contribution is 0.346. The molecule has 108 valence electrons. The first-order chi connectivity index (χ1) is 8.23. The summed E-state index contributed by atoms with van der Waals surface area (Å²) in [4.78, 5) is 16.9. The molecule has 0 saturated carbocycles. The Bertz CT molecular complexity index is 293. The summed E-state index contributed by atoms with van der Waals surface area (Å²) in [5, 5.41) is 3.31. The minimum atomic E-state index is -4.30. The zero-order valence-corrected chi connectivity index (χ0v) is 13.2. The van der Waals surface area contributed by atoms with Crippen molar-refractivity contribution in [3.05, 3.63) is 0 Å². The minimum absolute atomic E-state index is 0.292. The molecule has 3 N–H and O–H groups in total. The van der Waals surface area contributed by atoms with Crippen molar-refractivity contribution < 1.29 is 18.9 Å². The van der Waals surface area contributed by atoms with Crippen molar-refractivity contribution in [2.75, 3.05) is 6.54 Å².